The summed E-state index contributed by atoms with van der Waals surface area (Å²) in [6, 6.07) is 7.83. The third-order valence-electron chi connectivity index (χ3n) is 2.97. The second kappa shape index (κ2) is 7.43. The van der Waals surface area contributed by atoms with Gasteiger partial charge in [0.25, 0.3) is 0 Å². The number of ether oxygens (including phenoxy) is 2. The Balaban J connectivity index is 2.42. The lowest BCUT2D eigenvalue weighted by atomic mass is 10.1. The summed E-state index contributed by atoms with van der Waals surface area (Å²) in [7, 11) is 1.37. The van der Waals surface area contributed by atoms with Crippen molar-refractivity contribution in [2.24, 2.45) is 0 Å². The zero-order chi connectivity index (χ0) is 17.1. The van der Waals surface area contributed by atoms with Crippen LogP contribution in [0.3, 0.4) is 0 Å². The Labute approximate surface area is 159 Å². The first-order valence-electron chi connectivity index (χ1n) is 6.33. The molecule has 0 radical (unpaired) electrons. The molecule has 0 atom stereocenters. The molecule has 0 aliphatic carbocycles. The highest BCUT2D eigenvalue weighted by atomic mass is 127. The van der Waals surface area contributed by atoms with Crippen LogP contribution >= 0.6 is 45.2 Å². The van der Waals surface area contributed by atoms with Crippen molar-refractivity contribution in [3.8, 4) is 17.2 Å². The molecule has 2 rings (SSSR count). The Morgan fingerprint density at radius 3 is 2.26 bits per heavy atom. The third kappa shape index (κ3) is 4.10. The van der Waals surface area contributed by atoms with Crippen molar-refractivity contribution < 1.29 is 19.2 Å². The maximum atomic E-state index is 11.5. The van der Waals surface area contributed by atoms with Crippen molar-refractivity contribution in [1.29, 1.82) is 0 Å². The van der Waals surface area contributed by atoms with Gasteiger partial charge in [0.1, 0.15) is 5.75 Å². The molecular formula is C15H11I2NO5. The molecule has 120 valence electrons. The number of methoxy groups -OCH3 is 1. The van der Waals surface area contributed by atoms with Gasteiger partial charge in [0, 0.05) is 5.56 Å². The minimum Gasteiger partial charge on any atom is -0.490 e. The Morgan fingerprint density at radius 2 is 1.78 bits per heavy atom. The van der Waals surface area contributed by atoms with Crippen LogP contribution < -0.4 is 9.47 Å². The van der Waals surface area contributed by atoms with Gasteiger partial charge in [-0.15, -0.1) is 0 Å². The normalized spacial score (nSPS) is 10.3. The highest BCUT2D eigenvalue weighted by molar-refractivity contribution is 14.1. The number of ketones is 1. The summed E-state index contributed by atoms with van der Waals surface area (Å²) >= 11 is 4.13. The Morgan fingerprint density at radius 1 is 1.17 bits per heavy atom. The minimum atomic E-state index is -0.527. The van der Waals surface area contributed by atoms with Crippen molar-refractivity contribution >= 4 is 56.7 Å². The first-order valence-corrected chi connectivity index (χ1v) is 8.49. The molecule has 0 aromatic heterocycles. The van der Waals surface area contributed by atoms with Gasteiger partial charge in [-0.3, -0.25) is 14.9 Å². The van der Waals surface area contributed by atoms with Gasteiger partial charge in [0.15, 0.2) is 17.3 Å². The van der Waals surface area contributed by atoms with Crippen molar-refractivity contribution in [3.63, 3.8) is 0 Å². The maximum Gasteiger partial charge on any atom is 0.314 e. The largest absolute Gasteiger partial charge is 0.490 e. The highest BCUT2D eigenvalue weighted by Crippen LogP contribution is 2.36. The number of carbonyl (C=O) groups excluding carboxylic acids is 1. The lowest BCUT2D eigenvalue weighted by molar-refractivity contribution is -0.385. The van der Waals surface area contributed by atoms with E-state index in [2.05, 4.69) is 45.2 Å². The topological polar surface area (TPSA) is 78.7 Å². The average molecular weight is 539 g/mol. The van der Waals surface area contributed by atoms with Crippen LogP contribution in [0.25, 0.3) is 0 Å². The van der Waals surface area contributed by atoms with E-state index in [1.807, 2.05) is 0 Å². The summed E-state index contributed by atoms with van der Waals surface area (Å²) in [6.45, 7) is 1.49. The van der Waals surface area contributed by atoms with Crippen molar-refractivity contribution in [3.05, 3.63) is 53.1 Å². The van der Waals surface area contributed by atoms with Crippen LogP contribution in [0.1, 0.15) is 17.3 Å². The van der Waals surface area contributed by atoms with Crippen molar-refractivity contribution in [1.82, 2.24) is 0 Å². The predicted octanol–water partition coefficient (Wildman–Crippen LogP) is 4.81. The van der Waals surface area contributed by atoms with Crippen LogP contribution in [0.5, 0.6) is 17.2 Å². The fraction of sp³-hybridized carbons (Fsp3) is 0.133. The Hall–Kier alpha value is -1.43. The average Bonchev–Trinajstić information content (AvgIpc) is 2.50. The number of Topliss-reactive ketones (excluding diaryl/α,β-unsaturated/α-hetero) is 1. The van der Waals surface area contributed by atoms with E-state index in [1.165, 1.54) is 26.2 Å². The van der Waals surface area contributed by atoms with E-state index in [4.69, 9.17) is 9.47 Å². The van der Waals surface area contributed by atoms with E-state index in [-0.39, 0.29) is 17.2 Å². The SMILES string of the molecule is COc1ccc(Oc2c(I)cc(C(C)=O)cc2I)cc1[N+](=O)[O-]. The second-order valence-corrected chi connectivity index (χ2v) is 6.84. The number of nitro groups is 1. The molecule has 2 aromatic carbocycles. The van der Waals surface area contributed by atoms with E-state index in [1.54, 1.807) is 18.2 Å². The Kier molecular flexibility index (Phi) is 5.79. The molecule has 6 nitrogen and oxygen atoms in total. The molecule has 2 aromatic rings. The first kappa shape index (κ1) is 17.9. The molecule has 0 saturated carbocycles. The van der Waals surface area contributed by atoms with Gasteiger partial charge in [-0.2, -0.15) is 0 Å². The second-order valence-electron chi connectivity index (χ2n) is 4.52. The molecule has 0 bridgehead atoms. The van der Waals surface area contributed by atoms with Crippen LogP contribution in [-0.2, 0) is 0 Å². The highest BCUT2D eigenvalue weighted by Gasteiger charge is 2.18. The molecular weight excluding hydrogens is 528 g/mol. The van der Waals surface area contributed by atoms with E-state index >= 15 is 0 Å². The number of hydrogen-bond acceptors (Lipinski definition) is 5. The van der Waals surface area contributed by atoms with E-state index < -0.39 is 4.92 Å². The number of halogens is 2. The molecule has 0 spiro atoms. The lowest BCUT2D eigenvalue weighted by Crippen LogP contribution is -1.99. The molecule has 8 heteroatoms. The monoisotopic (exact) mass is 539 g/mol. The molecule has 0 unspecified atom stereocenters. The van der Waals surface area contributed by atoms with Gasteiger partial charge in [0.2, 0.25) is 0 Å². The van der Waals surface area contributed by atoms with Gasteiger partial charge in [-0.1, -0.05) is 0 Å². The smallest absolute Gasteiger partial charge is 0.314 e. The summed E-state index contributed by atoms with van der Waals surface area (Å²) in [5.41, 5.74) is 0.419. The molecule has 0 heterocycles. The van der Waals surface area contributed by atoms with Crippen molar-refractivity contribution in [2.45, 2.75) is 6.92 Å². The number of rotatable bonds is 5. The van der Waals surface area contributed by atoms with Gasteiger partial charge < -0.3 is 9.47 Å². The molecule has 0 N–H and O–H groups in total. The van der Waals surface area contributed by atoms with Crippen LogP contribution in [-0.4, -0.2) is 17.8 Å². The quantitative estimate of drug-likeness (QED) is 0.236. The van der Waals surface area contributed by atoms with Crippen LogP contribution in [0.4, 0.5) is 5.69 Å². The molecule has 0 fully saturated rings. The fourth-order valence-corrected chi connectivity index (χ4v) is 3.84. The fourth-order valence-electron chi connectivity index (χ4n) is 1.85. The van der Waals surface area contributed by atoms with E-state index in [0.29, 0.717) is 17.1 Å². The Bertz CT molecular complexity index is 768. The molecule has 0 saturated heterocycles. The number of nitro benzene ring substituents is 1. The molecule has 0 amide bonds. The lowest BCUT2D eigenvalue weighted by Gasteiger charge is -2.12. The van der Waals surface area contributed by atoms with Crippen LogP contribution in [0, 0.1) is 17.3 Å². The predicted molar refractivity (Wildman–Crippen MR) is 102 cm³/mol. The van der Waals surface area contributed by atoms with Gasteiger partial charge >= 0.3 is 5.69 Å². The molecule has 23 heavy (non-hydrogen) atoms. The number of carbonyl (C=O) groups is 1. The number of benzene rings is 2. The zero-order valence-electron chi connectivity index (χ0n) is 12.1. The van der Waals surface area contributed by atoms with Crippen molar-refractivity contribution in [2.75, 3.05) is 7.11 Å². The maximum absolute atomic E-state index is 11.5. The standard InChI is InChI=1S/C15H11I2NO5/c1-8(19)9-5-11(16)15(12(17)6-9)23-10-3-4-14(22-2)13(7-10)18(20)21/h3-7H,1-2H3. The molecule has 0 aliphatic heterocycles. The molecule has 0 aliphatic rings. The summed E-state index contributed by atoms with van der Waals surface area (Å²) in [5.74, 6) is 1.01. The summed E-state index contributed by atoms with van der Waals surface area (Å²) in [4.78, 5) is 22.0. The number of hydrogen-bond donors (Lipinski definition) is 0. The van der Waals surface area contributed by atoms with Crippen LogP contribution in [0.2, 0.25) is 0 Å². The van der Waals surface area contributed by atoms with E-state index in [0.717, 1.165) is 7.14 Å². The third-order valence-corrected chi connectivity index (χ3v) is 4.57. The zero-order valence-corrected chi connectivity index (χ0v) is 16.4. The minimum absolute atomic E-state index is 0.0348. The summed E-state index contributed by atoms with van der Waals surface area (Å²) in [6.07, 6.45) is 0. The first-order chi connectivity index (χ1) is 10.8. The van der Waals surface area contributed by atoms with Crippen LogP contribution in [0.15, 0.2) is 30.3 Å². The number of nitrogens with zero attached hydrogens (tertiary/aromatic N) is 1. The van der Waals surface area contributed by atoms with Gasteiger partial charge in [0.05, 0.1) is 25.2 Å². The van der Waals surface area contributed by atoms with E-state index in [9.17, 15) is 14.9 Å². The van der Waals surface area contributed by atoms with Gasteiger partial charge in [-0.25, -0.2) is 0 Å². The van der Waals surface area contributed by atoms with Gasteiger partial charge in [-0.05, 0) is 76.4 Å². The summed E-state index contributed by atoms with van der Waals surface area (Å²) < 4.78 is 12.2. The summed E-state index contributed by atoms with van der Waals surface area (Å²) in [5, 5.41) is 11.1.